The molecule has 1 aromatic carbocycles. The van der Waals surface area contributed by atoms with E-state index in [0.29, 0.717) is 6.04 Å². The first-order valence-electron chi connectivity index (χ1n) is 12.4. The molecule has 5 heteroatoms. The summed E-state index contributed by atoms with van der Waals surface area (Å²) in [4.78, 5) is 15.9. The van der Waals surface area contributed by atoms with Gasteiger partial charge >= 0.3 is 0 Å². The summed E-state index contributed by atoms with van der Waals surface area (Å²) in [5.74, 6) is 0.978. The van der Waals surface area contributed by atoms with Crippen LogP contribution in [0.3, 0.4) is 0 Å². The number of nitrogens with zero attached hydrogens (tertiary/aromatic N) is 2. The van der Waals surface area contributed by atoms with Crippen molar-refractivity contribution in [2.45, 2.75) is 82.9 Å². The Hall–Kier alpha value is -2.27. The minimum Gasteiger partial charge on any atom is -0.487 e. The Balaban J connectivity index is 1.40. The van der Waals surface area contributed by atoms with Gasteiger partial charge in [0.15, 0.2) is 0 Å². The second kappa shape index (κ2) is 8.58. The maximum Gasteiger partial charge on any atom is 0.253 e. The van der Waals surface area contributed by atoms with Gasteiger partial charge in [-0.05, 0) is 58.7 Å². The average Bonchev–Trinajstić information content (AvgIpc) is 3.10. The van der Waals surface area contributed by atoms with Gasteiger partial charge < -0.3 is 19.5 Å². The highest BCUT2D eigenvalue weighted by molar-refractivity contribution is 5.96. The molecule has 1 saturated heterocycles. The molecule has 1 atom stereocenters. The Kier molecular flexibility index (Phi) is 5.79. The number of ether oxygens (including phenoxy) is 1. The summed E-state index contributed by atoms with van der Waals surface area (Å²) in [5.41, 5.74) is 4.07. The number of hydrogen-bond donors (Lipinski definition) is 1. The van der Waals surface area contributed by atoms with Gasteiger partial charge in [-0.15, -0.1) is 0 Å². The van der Waals surface area contributed by atoms with Gasteiger partial charge in [0.25, 0.3) is 5.91 Å². The lowest BCUT2D eigenvalue weighted by molar-refractivity contribution is -0.0195. The van der Waals surface area contributed by atoms with Crippen molar-refractivity contribution >= 4 is 5.91 Å². The smallest absolute Gasteiger partial charge is 0.253 e. The number of piperidine rings is 1. The zero-order valence-electron chi connectivity index (χ0n) is 19.8. The highest BCUT2D eigenvalue weighted by atomic mass is 16.5. The van der Waals surface area contributed by atoms with Gasteiger partial charge in [-0.25, -0.2) is 0 Å². The molecule has 2 aromatic rings. The molecular formula is C27H37N3O2. The van der Waals surface area contributed by atoms with Gasteiger partial charge in [0, 0.05) is 42.5 Å². The van der Waals surface area contributed by atoms with Crippen molar-refractivity contribution in [3.63, 3.8) is 0 Å². The van der Waals surface area contributed by atoms with Crippen LogP contribution in [-0.2, 0) is 0 Å². The van der Waals surface area contributed by atoms with Crippen LogP contribution in [0.1, 0.15) is 90.8 Å². The molecule has 1 N–H and O–H groups in total. The highest BCUT2D eigenvalue weighted by Crippen LogP contribution is 2.44. The minimum absolute atomic E-state index is 0.0198. The summed E-state index contributed by atoms with van der Waals surface area (Å²) in [6.07, 6.45) is 9.21. The molecule has 5 nitrogen and oxygen atoms in total. The molecule has 0 bridgehead atoms. The van der Waals surface area contributed by atoms with E-state index in [2.05, 4.69) is 53.9 Å². The number of amides is 1. The highest BCUT2D eigenvalue weighted by Gasteiger charge is 2.43. The van der Waals surface area contributed by atoms with E-state index in [1.807, 2.05) is 12.1 Å². The van der Waals surface area contributed by atoms with Crippen LogP contribution in [0.5, 0.6) is 5.75 Å². The molecule has 32 heavy (non-hydrogen) atoms. The molecule has 5 rings (SSSR count). The van der Waals surface area contributed by atoms with Gasteiger partial charge in [0.2, 0.25) is 0 Å². The summed E-state index contributed by atoms with van der Waals surface area (Å²) in [6.45, 7) is 6.33. The van der Waals surface area contributed by atoms with Gasteiger partial charge in [0.1, 0.15) is 11.4 Å². The van der Waals surface area contributed by atoms with Crippen LogP contribution >= 0.6 is 0 Å². The van der Waals surface area contributed by atoms with E-state index in [1.54, 1.807) is 0 Å². The lowest BCUT2D eigenvalue weighted by Gasteiger charge is -2.46. The first-order valence-corrected chi connectivity index (χ1v) is 12.4. The maximum atomic E-state index is 13.5. The summed E-state index contributed by atoms with van der Waals surface area (Å²) in [6, 6.07) is 10.9. The molecule has 1 saturated carbocycles. The summed E-state index contributed by atoms with van der Waals surface area (Å²) >= 11 is 0. The third-order valence-electron chi connectivity index (χ3n) is 8.07. The van der Waals surface area contributed by atoms with E-state index in [0.717, 1.165) is 54.9 Å². The number of carbonyl (C=O) groups is 1. The Morgan fingerprint density at radius 2 is 1.81 bits per heavy atom. The third kappa shape index (κ3) is 3.96. The molecular weight excluding hydrogens is 398 g/mol. The summed E-state index contributed by atoms with van der Waals surface area (Å²) in [5, 5.41) is 3.41. The van der Waals surface area contributed by atoms with Crippen molar-refractivity contribution in [2.24, 2.45) is 0 Å². The van der Waals surface area contributed by atoms with Crippen LogP contribution < -0.4 is 10.1 Å². The second-order valence-electron chi connectivity index (χ2n) is 10.3. The molecule has 2 aliphatic heterocycles. The number of fused-ring (bicyclic) bond motifs is 1. The molecule has 0 radical (unpaired) electrons. The molecule has 1 aliphatic carbocycles. The predicted molar refractivity (Wildman–Crippen MR) is 127 cm³/mol. The Bertz CT molecular complexity index is 981. The fourth-order valence-corrected chi connectivity index (χ4v) is 6.22. The first kappa shape index (κ1) is 21.6. The van der Waals surface area contributed by atoms with E-state index in [1.165, 1.54) is 37.8 Å². The van der Waals surface area contributed by atoms with E-state index in [9.17, 15) is 4.79 Å². The number of carbonyl (C=O) groups excluding carboxylic acids is 1. The summed E-state index contributed by atoms with van der Waals surface area (Å²) < 4.78 is 8.99. The lowest BCUT2D eigenvalue weighted by Crippen LogP contribution is -2.51. The Labute approximate surface area is 192 Å². The topological polar surface area (TPSA) is 46.5 Å². The second-order valence-corrected chi connectivity index (χ2v) is 10.3. The molecule has 1 aromatic heterocycles. The zero-order chi connectivity index (χ0) is 22.3. The average molecular weight is 436 g/mol. The van der Waals surface area contributed by atoms with Crippen LogP contribution in [-0.4, -0.2) is 41.1 Å². The number of hydrogen-bond acceptors (Lipinski definition) is 3. The quantitative estimate of drug-likeness (QED) is 0.709. The largest absolute Gasteiger partial charge is 0.487 e. The summed E-state index contributed by atoms with van der Waals surface area (Å²) in [7, 11) is 2.17. The van der Waals surface area contributed by atoms with E-state index < -0.39 is 0 Å². The number of aryl methyl sites for hydroxylation is 1. The van der Waals surface area contributed by atoms with Crippen LogP contribution in [0.2, 0.25) is 0 Å². The molecule has 2 fully saturated rings. The number of likely N-dealkylation sites (tertiary alicyclic amines) is 1. The van der Waals surface area contributed by atoms with Gasteiger partial charge in [-0.2, -0.15) is 0 Å². The van der Waals surface area contributed by atoms with E-state index in [-0.39, 0.29) is 17.6 Å². The maximum absolute atomic E-state index is 13.5. The van der Waals surface area contributed by atoms with E-state index >= 15 is 0 Å². The fraction of sp³-hybridized carbons (Fsp3) is 0.593. The zero-order valence-corrected chi connectivity index (χ0v) is 19.8. The predicted octanol–water partition coefficient (Wildman–Crippen LogP) is 5.33. The van der Waals surface area contributed by atoms with Crippen molar-refractivity contribution in [2.75, 3.05) is 20.1 Å². The number of benzene rings is 1. The Morgan fingerprint density at radius 3 is 2.56 bits per heavy atom. The van der Waals surface area contributed by atoms with Gasteiger partial charge in [-0.3, -0.25) is 4.79 Å². The Morgan fingerprint density at radius 1 is 1.09 bits per heavy atom. The normalized spacial score (nSPS) is 23.5. The molecule has 3 heterocycles. The molecule has 3 aliphatic rings. The minimum atomic E-state index is -0.183. The molecule has 1 spiro atoms. The SMILES string of the molecule is Cc1cc(C(=O)NC2CC3(CCN(C)CC3)Oc3ccccc32)c(C)n1C1CCCCC1. The fourth-order valence-electron chi connectivity index (χ4n) is 6.22. The van der Waals surface area contributed by atoms with Gasteiger partial charge in [-0.1, -0.05) is 37.5 Å². The van der Waals surface area contributed by atoms with Crippen molar-refractivity contribution in [1.82, 2.24) is 14.8 Å². The third-order valence-corrected chi connectivity index (χ3v) is 8.07. The monoisotopic (exact) mass is 435 g/mol. The van der Waals surface area contributed by atoms with Crippen molar-refractivity contribution in [1.29, 1.82) is 0 Å². The number of rotatable bonds is 3. The molecule has 1 amide bonds. The van der Waals surface area contributed by atoms with Crippen molar-refractivity contribution < 1.29 is 9.53 Å². The standard InChI is InChI=1S/C27H37N3O2/c1-19-17-23(20(2)30(19)21-9-5-4-6-10-21)26(31)28-24-18-27(13-15-29(3)16-14-27)32-25-12-8-7-11-22(24)25/h7-8,11-12,17,21,24H,4-6,9-10,13-16,18H2,1-3H3,(H,28,31). The van der Waals surface area contributed by atoms with Crippen LogP contribution in [0.4, 0.5) is 0 Å². The number of para-hydroxylation sites is 1. The van der Waals surface area contributed by atoms with Crippen LogP contribution in [0.15, 0.2) is 30.3 Å². The first-order chi connectivity index (χ1) is 15.5. The van der Waals surface area contributed by atoms with E-state index in [4.69, 9.17) is 4.74 Å². The van der Waals surface area contributed by atoms with Crippen molar-refractivity contribution in [3.8, 4) is 5.75 Å². The van der Waals surface area contributed by atoms with Gasteiger partial charge in [0.05, 0.1) is 11.6 Å². The lowest BCUT2D eigenvalue weighted by atomic mass is 9.80. The number of aromatic nitrogens is 1. The molecule has 172 valence electrons. The van der Waals surface area contributed by atoms with Crippen molar-refractivity contribution in [3.05, 3.63) is 52.8 Å². The van der Waals surface area contributed by atoms with Crippen LogP contribution in [0, 0.1) is 13.8 Å². The number of nitrogens with one attached hydrogen (secondary N) is 1. The van der Waals surface area contributed by atoms with Crippen LogP contribution in [0.25, 0.3) is 0 Å². The molecule has 1 unspecified atom stereocenters.